The highest BCUT2D eigenvalue weighted by atomic mass is 16.7. The number of carbonyl (C=O) groups is 2. The second-order valence-electron chi connectivity index (χ2n) is 7.21. The Labute approximate surface area is 148 Å². The van der Waals surface area contributed by atoms with E-state index in [0.717, 1.165) is 30.7 Å². The van der Waals surface area contributed by atoms with Crippen LogP contribution in [0.4, 0.5) is 0 Å². The van der Waals surface area contributed by atoms with Gasteiger partial charge in [-0.1, -0.05) is 13.0 Å². The molecule has 0 unspecified atom stereocenters. The number of piperidine rings is 1. The lowest BCUT2D eigenvalue weighted by Gasteiger charge is -2.35. The third kappa shape index (κ3) is 3.72. The average Bonchev–Trinajstić information content (AvgIpc) is 3.08. The van der Waals surface area contributed by atoms with Crippen LogP contribution in [0.5, 0.6) is 11.5 Å². The lowest BCUT2D eigenvalue weighted by Crippen LogP contribution is -2.49. The number of benzene rings is 1. The number of nitrogens with one attached hydrogen (secondary N) is 1. The monoisotopic (exact) mass is 346 g/mol. The third-order valence-electron chi connectivity index (χ3n) is 4.98. The Kier molecular flexibility index (Phi) is 4.88. The Morgan fingerprint density at radius 1 is 1.28 bits per heavy atom. The lowest BCUT2D eigenvalue weighted by atomic mass is 9.91. The van der Waals surface area contributed by atoms with E-state index in [9.17, 15) is 9.59 Å². The zero-order valence-corrected chi connectivity index (χ0v) is 15.1. The van der Waals surface area contributed by atoms with Crippen molar-refractivity contribution in [2.45, 2.75) is 45.6 Å². The first-order chi connectivity index (χ1) is 11.9. The van der Waals surface area contributed by atoms with Gasteiger partial charge in [0, 0.05) is 19.5 Å². The van der Waals surface area contributed by atoms with E-state index in [1.165, 1.54) is 0 Å². The normalized spacial score (nSPS) is 19.6. The predicted molar refractivity (Wildman–Crippen MR) is 93.3 cm³/mol. The maximum absolute atomic E-state index is 12.8. The van der Waals surface area contributed by atoms with E-state index in [4.69, 9.17) is 9.47 Å². The summed E-state index contributed by atoms with van der Waals surface area (Å²) in [4.78, 5) is 26.5. The van der Waals surface area contributed by atoms with Crippen molar-refractivity contribution in [3.63, 3.8) is 0 Å². The molecule has 0 saturated carbocycles. The van der Waals surface area contributed by atoms with E-state index in [0.29, 0.717) is 18.7 Å². The van der Waals surface area contributed by atoms with Crippen molar-refractivity contribution in [1.29, 1.82) is 0 Å². The van der Waals surface area contributed by atoms with Gasteiger partial charge in [-0.05, 0) is 44.4 Å². The summed E-state index contributed by atoms with van der Waals surface area (Å²) < 4.78 is 10.8. The topological polar surface area (TPSA) is 67.9 Å². The van der Waals surface area contributed by atoms with E-state index in [1.54, 1.807) is 4.90 Å². The van der Waals surface area contributed by atoms with Crippen molar-refractivity contribution in [2.75, 3.05) is 19.9 Å². The van der Waals surface area contributed by atoms with Crippen LogP contribution in [0.15, 0.2) is 18.2 Å². The standard InChI is InChI=1S/C19H26N2O4/c1-4-17(22)21-9-5-6-13(11-21)18(23)20-19(2,3)14-7-8-15-16(10-14)25-12-24-15/h7-8,10,13H,4-6,9,11-12H2,1-3H3,(H,20,23)/t13-/m1/s1. The molecule has 2 heterocycles. The minimum atomic E-state index is -0.533. The van der Waals surface area contributed by atoms with Crippen LogP contribution in [0.25, 0.3) is 0 Å². The van der Waals surface area contributed by atoms with Crippen LogP contribution in [0.3, 0.4) is 0 Å². The van der Waals surface area contributed by atoms with Crippen LogP contribution in [0, 0.1) is 5.92 Å². The van der Waals surface area contributed by atoms with Crippen LogP contribution in [-0.4, -0.2) is 36.6 Å². The van der Waals surface area contributed by atoms with Crippen LogP contribution < -0.4 is 14.8 Å². The van der Waals surface area contributed by atoms with Gasteiger partial charge in [-0.3, -0.25) is 9.59 Å². The summed E-state index contributed by atoms with van der Waals surface area (Å²) in [6.45, 7) is 7.29. The predicted octanol–water partition coefficient (Wildman–Crippen LogP) is 2.42. The molecule has 2 aliphatic heterocycles. The van der Waals surface area contributed by atoms with E-state index < -0.39 is 5.54 Å². The molecule has 1 aromatic carbocycles. The van der Waals surface area contributed by atoms with E-state index in [2.05, 4.69) is 5.32 Å². The van der Waals surface area contributed by atoms with Crippen molar-refractivity contribution in [3.8, 4) is 11.5 Å². The number of hydrogen-bond donors (Lipinski definition) is 1. The SMILES string of the molecule is CCC(=O)N1CCC[C@@H](C(=O)NC(C)(C)c2ccc3c(c2)OCO3)C1. The molecule has 0 spiro atoms. The van der Waals surface area contributed by atoms with Gasteiger partial charge in [0.15, 0.2) is 11.5 Å². The third-order valence-corrected chi connectivity index (χ3v) is 4.98. The highest BCUT2D eigenvalue weighted by Gasteiger charge is 2.32. The zero-order chi connectivity index (χ0) is 18.0. The number of fused-ring (bicyclic) bond motifs is 1. The van der Waals surface area contributed by atoms with Crippen molar-refractivity contribution in [1.82, 2.24) is 10.2 Å². The van der Waals surface area contributed by atoms with E-state index >= 15 is 0 Å². The molecule has 1 atom stereocenters. The maximum Gasteiger partial charge on any atom is 0.231 e. The molecular weight excluding hydrogens is 320 g/mol. The zero-order valence-electron chi connectivity index (χ0n) is 15.1. The van der Waals surface area contributed by atoms with Crippen molar-refractivity contribution in [2.24, 2.45) is 5.92 Å². The largest absolute Gasteiger partial charge is 0.454 e. The number of rotatable bonds is 4. The van der Waals surface area contributed by atoms with Crippen molar-refractivity contribution < 1.29 is 19.1 Å². The van der Waals surface area contributed by atoms with Gasteiger partial charge in [0.25, 0.3) is 0 Å². The molecule has 0 radical (unpaired) electrons. The first kappa shape index (κ1) is 17.6. The van der Waals surface area contributed by atoms with Gasteiger partial charge >= 0.3 is 0 Å². The van der Waals surface area contributed by atoms with Gasteiger partial charge in [-0.25, -0.2) is 0 Å². The summed E-state index contributed by atoms with van der Waals surface area (Å²) in [5.41, 5.74) is 0.428. The molecule has 1 fully saturated rings. The molecule has 1 aromatic rings. The van der Waals surface area contributed by atoms with Crippen LogP contribution in [0.2, 0.25) is 0 Å². The van der Waals surface area contributed by atoms with Gasteiger partial charge in [0.2, 0.25) is 18.6 Å². The molecule has 0 aliphatic carbocycles. The molecule has 6 heteroatoms. The summed E-state index contributed by atoms with van der Waals surface area (Å²) in [5, 5.41) is 3.14. The molecule has 136 valence electrons. The quantitative estimate of drug-likeness (QED) is 0.909. The van der Waals surface area contributed by atoms with E-state index in [1.807, 2.05) is 39.0 Å². The summed E-state index contributed by atoms with van der Waals surface area (Å²) >= 11 is 0. The number of likely N-dealkylation sites (tertiary alicyclic amines) is 1. The van der Waals surface area contributed by atoms with Gasteiger partial charge in [0.05, 0.1) is 11.5 Å². The molecule has 6 nitrogen and oxygen atoms in total. The fourth-order valence-corrected chi connectivity index (χ4v) is 3.41. The summed E-state index contributed by atoms with van der Waals surface area (Å²) in [7, 11) is 0. The van der Waals surface area contributed by atoms with Crippen LogP contribution >= 0.6 is 0 Å². The molecule has 3 rings (SSSR count). The molecule has 2 amide bonds. The summed E-state index contributed by atoms with van der Waals surface area (Å²) in [6, 6.07) is 5.73. The first-order valence-corrected chi connectivity index (χ1v) is 8.90. The molecule has 0 aromatic heterocycles. The van der Waals surface area contributed by atoms with Crippen LogP contribution in [0.1, 0.15) is 45.6 Å². The fraction of sp³-hybridized carbons (Fsp3) is 0.579. The van der Waals surface area contributed by atoms with Crippen molar-refractivity contribution >= 4 is 11.8 Å². The lowest BCUT2D eigenvalue weighted by molar-refractivity contribution is -0.136. The molecule has 0 bridgehead atoms. The molecule has 1 saturated heterocycles. The minimum absolute atomic E-state index is 0.00345. The minimum Gasteiger partial charge on any atom is -0.454 e. The second kappa shape index (κ2) is 6.94. The number of amides is 2. The van der Waals surface area contributed by atoms with E-state index in [-0.39, 0.29) is 24.5 Å². The number of nitrogens with zero attached hydrogens (tertiary/aromatic N) is 1. The fourth-order valence-electron chi connectivity index (χ4n) is 3.41. The Balaban J connectivity index is 1.67. The Morgan fingerprint density at radius 3 is 2.80 bits per heavy atom. The molecule has 25 heavy (non-hydrogen) atoms. The van der Waals surface area contributed by atoms with Crippen LogP contribution in [-0.2, 0) is 15.1 Å². The van der Waals surface area contributed by atoms with Gasteiger partial charge in [0.1, 0.15) is 0 Å². The molecular formula is C19H26N2O4. The smallest absolute Gasteiger partial charge is 0.231 e. The Morgan fingerprint density at radius 2 is 2.04 bits per heavy atom. The van der Waals surface area contributed by atoms with Gasteiger partial charge in [-0.2, -0.15) is 0 Å². The maximum atomic E-state index is 12.8. The van der Waals surface area contributed by atoms with Crippen molar-refractivity contribution in [3.05, 3.63) is 23.8 Å². The number of hydrogen-bond acceptors (Lipinski definition) is 4. The summed E-state index contributed by atoms with van der Waals surface area (Å²) in [5.74, 6) is 1.39. The Hall–Kier alpha value is -2.24. The molecule has 2 aliphatic rings. The number of carbonyl (C=O) groups excluding carboxylic acids is 2. The first-order valence-electron chi connectivity index (χ1n) is 8.90. The Bertz CT molecular complexity index is 671. The van der Waals surface area contributed by atoms with Gasteiger partial charge in [-0.15, -0.1) is 0 Å². The molecule has 1 N–H and O–H groups in total. The average molecular weight is 346 g/mol. The highest BCUT2D eigenvalue weighted by Crippen LogP contribution is 2.35. The highest BCUT2D eigenvalue weighted by molar-refractivity contribution is 5.82. The summed E-state index contributed by atoms with van der Waals surface area (Å²) in [6.07, 6.45) is 2.17. The van der Waals surface area contributed by atoms with Gasteiger partial charge < -0.3 is 19.7 Å². The second-order valence-corrected chi connectivity index (χ2v) is 7.21. The number of ether oxygens (including phenoxy) is 2.